The van der Waals surface area contributed by atoms with E-state index in [1.165, 1.54) is 11.1 Å². The molecule has 0 saturated carbocycles. The number of rotatable bonds is 4. The van der Waals surface area contributed by atoms with E-state index >= 15 is 0 Å². The molecule has 0 bridgehead atoms. The van der Waals surface area contributed by atoms with E-state index in [-0.39, 0.29) is 11.9 Å². The van der Waals surface area contributed by atoms with E-state index in [9.17, 15) is 4.79 Å². The Morgan fingerprint density at radius 1 is 1.12 bits per heavy atom. The number of carbonyl (C=O) groups is 1. The largest absolute Gasteiger partial charge is 0.337 e. The summed E-state index contributed by atoms with van der Waals surface area (Å²) in [6, 6.07) is 16.1. The van der Waals surface area contributed by atoms with Crippen LogP contribution in [0.4, 0.5) is 0 Å². The molecule has 1 fully saturated rings. The lowest BCUT2D eigenvalue weighted by Gasteiger charge is -2.22. The fourth-order valence-corrected chi connectivity index (χ4v) is 3.39. The third-order valence-corrected chi connectivity index (χ3v) is 4.80. The van der Waals surface area contributed by atoms with Gasteiger partial charge >= 0.3 is 0 Å². The number of hydrogen-bond donors (Lipinski definition) is 0. The molecule has 3 aromatic rings. The molecule has 1 saturated heterocycles. The van der Waals surface area contributed by atoms with Gasteiger partial charge in [-0.25, -0.2) is 0 Å². The number of hydrogen-bond acceptors (Lipinski definition) is 4. The molecule has 132 valence electrons. The first kappa shape index (κ1) is 16.5. The molecule has 4 rings (SSSR count). The van der Waals surface area contributed by atoms with Crippen LogP contribution in [0.15, 0.2) is 53.1 Å². The molecule has 1 aliphatic rings. The lowest BCUT2D eigenvalue weighted by Crippen LogP contribution is -2.27. The molecule has 5 nitrogen and oxygen atoms in total. The van der Waals surface area contributed by atoms with Crippen molar-refractivity contribution in [2.75, 3.05) is 0 Å². The number of aromatic nitrogens is 2. The molecule has 2 aromatic carbocycles. The van der Waals surface area contributed by atoms with Gasteiger partial charge in [0.25, 0.3) is 0 Å². The lowest BCUT2D eigenvalue weighted by atomic mass is 10.1. The molecule has 1 aliphatic heterocycles. The van der Waals surface area contributed by atoms with Crippen molar-refractivity contribution in [3.8, 4) is 11.4 Å². The highest BCUT2D eigenvalue weighted by atomic mass is 16.5. The molecule has 5 heteroatoms. The van der Waals surface area contributed by atoms with E-state index in [1.54, 1.807) is 0 Å². The second-order valence-electron chi connectivity index (χ2n) is 6.89. The van der Waals surface area contributed by atoms with Gasteiger partial charge in [0.15, 0.2) is 0 Å². The maximum Gasteiger partial charge on any atom is 0.249 e. The number of benzene rings is 2. The highest BCUT2D eigenvalue weighted by Gasteiger charge is 2.36. The summed E-state index contributed by atoms with van der Waals surface area (Å²) >= 11 is 0. The van der Waals surface area contributed by atoms with Crippen molar-refractivity contribution in [3.63, 3.8) is 0 Å². The Balaban J connectivity index is 1.58. The molecule has 0 spiro atoms. The SMILES string of the molecule is Cc1ccc(-c2noc(C3CCC(=O)N3Cc3cccc(C)c3)n2)cc1. The average molecular weight is 347 g/mol. The normalized spacial score (nSPS) is 17.1. The second-order valence-corrected chi connectivity index (χ2v) is 6.89. The summed E-state index contributed by atoms with van der Waals surface area (Å²) in [6.07, 6.45) is 1.22. The minimum Gasteiger partial charge on any atom is -0.337 e. The van der Waals surface area contributed by atoms with Crippen LogP contribution in [0.2, 0.25) is 0 Å². The summed E-state index contributed by atoms with van der Waals surface area (Å²) in [5.41, 5.74) is 4.40. The van der Waals surface area contributed by atoms with Gasteiger partial charge in [-0.05, 0) is 25.8 Å². The van der Waals surface area contributed by atoms with Gasteiger partial charge in [0, 0.05) is 18.5 Å². The summed E-state index contributed by atoms with van der Waals surface area (Å²) in [4.78, 5) is 18.8. The lowest BCUT2D eigenvalue weighted by molar-refractivity contribution is -0.129. The van der Waals surface area contributed by atoms with Crippen molar-refractivity contribution in [1.82, 2.24) is 15.0 Å². The van der Waals surface area contributed by atoms with Crippen LogP contribution in [0.25, 0.3) is 11.4 Å². The Labute approximate surface area is 152 Å². The van der Waals surface area contributed by atoms with Crippen LogP contribution in [0.1, 0.15) is 41.5 Å². The highest BCUT2D eigenvalue weighted by molar-refractivity contribution is 5.78. The first-order chi connectivity index (χ1) is 12.6. The monoisotopic (exact) mass is 347 g/mol. The van der Waals surface area contributed by atoms with Gasteiger partial charge in [0.2, 0.25) is 17.6 Å². The van der Waals surface area contributed by atoms with Crippen LogP contribution in [-0.4, -0.2) is 20.9 Å². The van der Waals surface area contributed by atoms with Gasteiger partial charge in [-0.2, -0.15) is 4.98 Å². The molecule has 0 radical (unpaired) electrons. The van der Waals surface area contributed by atoms with Crippen molar-refractivity contribution in [2.24, 2.45) is 0 Å². The fourth-order valence-electron chi connectivity index (χ4n) is 3.39. The van der Waals surface area contributed by atoms with Crippen LogP contribution in [-0.2, 0) is 11.3 Å². The summed E-state index contributed by atoms with van der Waals surface area (Å²) < 4.78 is 5.52. The van der Waals surface area contributed by atoms with E-state index in [0.29, 0.717) is 31.1 Å². The Bertz CT molecular complexity index is 930. The molecule has 1 aromatic heterocycles. The molecule has 1 amide bonds. The number of aryl methyl sites for hydroxylation is 2. The van der Waals surface area contributed by atoms with Gasteiger partial charge in [-0.1, -0.05) is 64.8 Å². The zero-order valence-electron chi connectivity index (χ0n) is 15.0. The van der Waals surface area contributed by atoms with E-state index in [2.05, 4.69) is 29.2 Å². The number of amides is 1. The molecule has 26 heavy (non-hydrogen) atoms. The highest BCUT2D eigenvalue weighted by Crippen LogP contribution is 2.34. The van der Waals surface area contributed by atoms with Gasteiger partial charge < -0.3 is 9.42 Å². The van der Waals surface area contributed by atoms with Gasteiger partial charge in [0.1, 0.15) is 6.04 Å². The third-order valence-electron chi connectivity index (χ3n) is 4.80. The summed E-state index contributed by atoms with van der Waals surface area (Å²) in [6.45, 7) is 4.66. The zero-order chi connectivity index (χ0) is 18.1. The predicted octanol–water partition coefficient (Wildman–Crippen LogP) is 4.22. The number of nitrogens with zero attached hydrogens (tertiary/aromatic N) is 3. The standard InChI is InChI=1S/C21H21N3O2/c1-14-6-8-17(9-7-14)20-22-21(26-23-20)18-10-11-19(25)24(18)13-16-5-3-4-15(2)12-16/h3-9,12,18H,10-11,13H2,1-2H3. The van der Waals surface area contributed by atoms with Gasteiger partial charge in [0.05, 0.1) is 0 Å². The zero-order valence-corrected chi connectivity index (χ0v) is 15.0. The van der Waals surface area contributed by atoms with Crippen molar-refractivity contribution in [2.45, 2.75) is 39.3 Å². The topological polar surface area (TPSA) is 59.2 Å². The molecule has 1 unspecified atom stereocenters. The van der Waals surface area contributed by atoms with E-state index in [1.807, 2.05) is 48.2 Å². The molecule has 1 atom stereocenters. The Morgan fingerprint density at radius 2 is 1.92 bits per heavy atom. The van der Waals surface area contributed by atoms with Crippen molar-refractivity contribution < 1.29 is 9.32 Å². The van der Waals surface area contributed by atoms with Gasteiger partial charge in [-0.15, -0.1) is 0 Å². The van der Waals surface area contributed by atoms with Crippen LogP contribution >= 0.6 is 0 Å². The van der Waals surface area contributed by atoms with Gasteiger partial charge in [-0.3, -0.25) is 4.79 Å². The van der Waals surface area contributed by atoms with E-state index in [4.69, 9.17) is 4.52 Å². The Morgan fingerprint density at radius 3 is 2.69 bits per heavy atom. The van der Waals surface area contributed by atoms with Crippen molar-refractivity contribution in [1.29, 1.82) is 0 Å². The maximum absolute atomic E-state index is 12.4. The van der Waals surface area contributed by atoms with E-state index < -0.39 is 0 Å². The van der Waals surface area contributed by atoms with Crippen LogP contribution in [0.5, 0.6) is 0 Å². The molecule has 0 aliphatic carbocycles. The smallest absolute Gasteiger partial charge is 0.249 e. The minimum atomic E-state index is -0.158. The Kier molecular flexibility index (Phi) is 4.29. The van der Waals surface area contributed by atoms with Crippen molar-refractivity contribution >= 4 is 5.91 Å². The van der Waals surface area contributed by atoms with E-state index in [0.717, 1.165) is 11.1 Å². The first-order valence-electron chi connectivity index (χ1n) is 8.86. The molecular weight excluding hydrogens is 326 g/mol. The molecule has 2 heterocycles. The maximum atomic E-state index is 12.4. The number of carbonyl (C=O) groups excluding carboxylic acids is 1. The van der Waals surface area contributed by atoms with Crippen LogP contribution in [0.3, 0.4) is 0 Å². The second kappa shape index (κ2) is 6.75. The summed E-state index contributed by atoms with van der Waals surface area (Å²) in [5, 5.41) is 4.12. The first-order valence-corrected chi connectivity index (χ1v) is 8.86. The van der Waals surface area contributed by atoms with Crippen molar-refractivity contribution in [3.05, 3.63) is 71.1 Å². The summed E-state index contributed by atoms with van der Waals surface area (Å²) in [5.74, 6) is 1.21. The third kappa shape index (κ3) is 3.25. The number of likely N-dealkylation sites (tertiary alicyclic amines) is 1. The quantitative estimate of drug-likeness (QED) is 0.709. The minimum absolute atomic E-state index is 0.131. The molecular formula is C21H21N3O2. The van der Waals surface area contributed by atoms with Crippen LogP contribution < -0.4 is 0 Å². The molecule has 0 N–H and O–H groups in total. The van der Waals surface area contributed by atoms with Crippen LogP contribution in [0, 0.1) is 13.8 Å². The Hall–Kier alpha value is -2.95. The average Bonchev–Trinajstić information content (AvgIpc) is 3.24. The fraction of sp³-hybridized carbons (Fsp3) is 0.286. The predicted molar refractivity (Wildman–Crippen MR) is 98.2 cm³/mol. The summed E-state index contributed by atoms with van der Waals surface area (Å²) in [7, 11) is 0.